The lowest BCUT2D eigenvalue weighted by molar-refractivity contribution is 0.0654. The molecule has 0 unspecified atom stereocenters. The molecule has 0 bridgehead atoms. The van der Waals surface area contributed by atoms with Gasteiger partial charge in [0.2, 0.25) is 5.95 Å². The van der Waals surface area contributed by atoms with Crippen LogP contribution in [0.15, 0.2) is 36.5 Å². The molecule has 0 spiro atoms. The molecule has 2 aromatic heterocycles. The van der Waals surface area contributed by atoms with Crippen LogP contribution in [0.1, 0.15) is 31.4 Å². The van der Waals surface area contributed by atoms with Gasteiger partial charge in [-0.15, -0.1) is 0 Å². The lowest BCUT2D eigenvalue weighted by atomic mass is 9.95. The Balaban J connectivity index is 1.44. The molecule has 0 saturated heterocycles. The molecule has 2 aromatic carbocycles. The number of fused-ring (bicyclic) bond motifs is 2. The minimum Gasteiger partial charge on any atom is -0.485 e. The average Bonchev–Trinajstić information content (AvgIpc) is 3.19. The molecule has 1 aliphatic carbocycles. The lowest BCUT2D eigenvalue weighted by Gasteiger charge is -2.26. The summed E-state index contributed by atoms with van der Waals surface area (Å²) in [6.45, 7) is -0.144. The van der Waals surface area contributed by atoms with Crippen LogP contribution in [0.2, 0.25) is 0 Å². The molecular formula is C22H22FN5O3. The zero-order valence-corrected chi connectivity index (χ0v) is 16.7. The van der Waals surface area contributed by atoms with Crippen molar-refractivity contribution in [3.8, 4) is 5.75 Å². The first kappa shape index (κ1) is 19.7. The number of aliphatic hydroxyl groups excluding tert-OH is 2. The third kappa shape index (κ3) is 3.89. The molecule has 0 amide bonds. The van der Waals surface area contributed by atoms with Gasteiger partial charge in [-0.2, -0.15) is 5.10 Å². The molecule has 4 aromatic rings. The van der Waals surface area contributed by atoms with Crippen LogP contribution >= 0.6 is 0 Å². The second-order valence-electron chi connectivity index (χ2n) is 7.77. The maximum atomic E-state index is 14.6. The molecule has 4 N–H and O–H groups in total. The Bertz CT molecular complexity index is 1240. The summed E-state index contributed by atoms with van der Waals surface area (Å²) in [5.74, 6) is -0.0529. The van der Waals surface area contributed by atoms with Gasteiger partial charge in [-0.1, -0.05) is 0 Å². The van der Waals surface area contributed by atoms with E-state index in [1.807, 2.05) is 18.2 Å². The molecule has 1 aliphatic rings. The number of ether oxygens (including phenoxy) is 1. The highest BCUT2D eigenvalue weighted by Crippen LogP contribution is 2.32. The van der Waals surface area contributed by atoms with Gasteiger partial charge in [0, 0.05) is 22.7 Å². The highest BCUT2D eigenvalue weighted by atomic mass is 19.1. The fourth-order valence-corrected chi connectivity index (χ4v) is 3.95. The van der Waals surface area contributed by atoms with Crippen LogP contribution in [0.25, 0.3) is 21.8 Å². The standard InChI is InChI=1S/C22H22FN5O3/c23-17-8-1-12-10-24-22(25-13-2-7-16-18(9-13)27-28-19(16)11-29)26-20(12)21(17)31-15-5-3-14(30)4-6-15/h1-2,7-10,14-15,29-30H,3-6,11H2,(H,27,28)(H,24,25,26). The minimum atomic E-state index is -0.473. The molecule has 160 valence electrons. The Morgan fingerprint density at radius 3 is 2.81 bits per heavy atom. The zero-order chi connectivity index (χ0) is 21.4. The van der Waals surface area contributed by atoms with E-state index in [0.717, 1.165) is 16.6 Å². The van der Waals surface area contributed by atoms with Crippen molar-refractivity contribution < 1.29 is 19.3 Å². The molecule has 8 nitrogen and oxygen atoms in total. The van der Waals surface area contributed by atoms with Crippen LogP contribution in [0, 0.1) is 5.82 Å². The van der Waals surface area contributed by atoms with Crippen LogP contribution in [0.4, 0.5) is 16.0 Å². The van der Waals surface area contributed by atoms with E-state index < -0.39 is 5.82 Å². The molecule has 0 radical (unpaired) electrons. The van der Waals surface area contributed by atoms with E-state index >= 15 is 0 Å². The van der Waals surface area contributed by atoms with Gasteiger partial charge in [-0.05, 0) is 56.0 Å². The number of hydrogen-bond donors (Lipinski definition) is 4. The van der Waals surface area contributed by atoms with Gasteiger partial charge >= 0.3 is 0 Å². The van der Waals surface area contributed by atoms with Crippen LogP contribution in [-0.2, 0) is 6.61 Å². The van der Waals surface area contributed by atoms with Crippen molar-refractivity contribution in [1.82, 2.24) is 20.2 Å². The summed E-state index contributed by atoms with van der Waals surface area (Å²) >= 11 is 0. The number of aromatic nitrogens is 4. The molecule has 0 aliphatic heterocycles. The number of anilines is 2. The Morgan fingerprint density at radius 1 is 1.16 bits per heavy atom. The topological polar surface area (TPSA) is 116 Å². The van der Waals surface area contributed by atoms with Gasteiger partial charge in [0.05, 0.1) is 30.0 Å². The highest BCUT2D eigenvalue weighted by Gasteiger charge is 2.23. The maximum Gasteiger partial charge on any atom is 0.227 e. The molecular weight excluding hydrogens is 401 g/mol. The summed E-state index contributed by atoms with van der Waals surface area (Å²) in [5, 5.41) is 30.6. The second kappa shape index (κ2) is 8.09. The minimum absolute atomic E-state index is 0.112. The van der Waals surface area contributed by atoms with Crippen molar-refractivity contribution in [2.75, 3.05) is 5.32 Å². The Hall–Kier alpha value is -3.30. The van der Waals surface area contributed by atoms with Gasteiger partial charge in [0.15, 0.2) is 11.6 Å². The predicted octanol–water partition coefficient (Wildman–Crippen LogP) is 3.56. The summed E-state index contributed by atoms with van der Waals surface area (Å²) in [7, 11) is 0. The summed E-state index contributed by atoms with van der Waals surface area (Å²) in [4.78, 5) is 8.84. The van der Waals surface area contributed by atoms with Crippen LogP contribution in [0.5, 0.6) is 5.75 Å². The third-order valence-electron chi connectivity index (χ3n) is 5.63. The number of rotatable bonds is 5. The SMILES string of the molecule is OCc1n[nH]c2cc(Nc3ncc4ccc(F)c(OC5CCC(O)CC5)c4n3)ccc12. The fourth-order valence-electron chi connectivity index (χ4n) is 3.95. The number of nitrogens with zero attached hydrogens (tertiary/aromatic N) is 3. The largest absolute Gasteiger partial charge is 0.485 e. The van der Waals surface area contributed by atoms with Crippen LogP contribution in [0.3, 0.4) is 0 Å². The zero-order valence-electron chi connectivity index (χ0n) is 16.7. The normalized spacial score (nSPS) is 19.1. The number of H-pyrrole nitrogens is 1. The van der Waals surface area contributed by atoms with E-state index in [-0.39, 0.29) is 24.6 Å². The van der Waals surface area contributed by atoms with Crippen molar-refractivity contribution in [3.63, 3.8) is 0 Å². The molecule has 1 fully saturated rings. The predicted molar refractivity (Wildman–Crippen MR) is 114 cm³/mol. The van der Waals surface area contributed by atoms with E-state index in [4.69, 9.17) is 4.74 Å². The van der Waals surface area contributed by atoms with Gasteiger partial charge < -0.3 is 20.3 Å². The fraction of sp³-hybridized carbons (Fsp3) is 0.318. The van der Waals surface area contributed by atoms with E-state index in [0.29, 0.717) is 48.2 Å². The van der Waals surface area contributed by atoms with E-state index in [1.54, 1.807) is 12.3 Å². The number of hydrogen-bond acceptors (Lipinski definition) is 7. The first-order chi connectivity index (χ1) is 15.1. The number of aliphatic hydroxyl groups is 2. The van der Waals surface area contributed by atoms with Gasteiger partial charge in [-0.25, -0.2) is 14.4 Å². The van der Waals surface area contributed by atoms with Crippen molar-refractivity contribution in [2.24, 2.45) is 0 Å². The number of benzene rings is 2. The van der Waals surface area contributed by atoms with E-state index in [9.17, 15) is 14.6 Å². The second-order valence-corrected chi connectivity index (χ2v) is 7.77. The average molecular weight is 423 g/mol. The smallest absolute Gasteiger partial charge is 0.227 e. The molecule has 9 heteroatoms. The number of aromatic amines is 1. The highest BCUT2D eigenvalue weighted by molar-refractivity contribution is 5.87. The van der Waals surface area contributed by atoms with Crippen LogP contribution in [-0.4, -0.2) is 42.6 Å². The molecule has 1 saturated carbocycles. The Kier molecular flexibility index (Phi) is 5.13. The first-order valence-corrected chi connectivity index (χ1v) is 10.3. The van der Waals surface area contributed by atoms with E-state index in [1.165, 1.54) is 6.07 Å². The third-order valence-corrected chi connectivity index (χ3v) is 5.63. The quantitative estimate of drug-likeness (QED) is 0.388. The summed E-state index contributed by atoms with van der Waals surface area (Å²) in [6, 6.07) is 8.50. The molecule has 5 rings (SSSR count). The first-order valence-electron chi connectivity index (χ1n) is 10.3. The summed E-state index contributed by atoms with van der Waals surface area (Å²) < 4.78 is 20.6. The molecule has 31 heavy (non-hydrogen) atoms. The van der Waals surface area contributed by atoms with Gasteiger partial charge in [-0.3, -0.25) is 5.10 Å². The summed E-state index contributed by atoms with van der Waals surface area (Å²) in [6.07, 6.45) is 3.80. The Morgan fingerprint density at radius 2 is 2.00 bits per heavy atom. The molecule has 0 atom stereocenters. The lowest BCUT2D eigenvalue weighted by Crippen LogP contribution is -2.26. The number of nitrogens with one attached hydrogen (secondary N) is 2. The number of halogens is 1. The maximum absolute atomic E-state index is 14.6. The van der Waals surface area contributed by atoms with E-state index in [2.05, 4.69) is 25.5 Å². The van der Waals surface area contributed by atoms with Crippen molar-refractivity contribution in [3.05, 3.63) is 48.0 Å². The van der Waals surface area contributed by atoms with Crippen molar-refractivity contribution >= 4 is 33.4 Å². The van der Waals surface area contributed by atoms with Gasteiger partial charge in [0.1, 0.15) is 5.52 Å². The molecule has 2 heterocycles. The van der Waals surface area contributed by atoms with Crippen molar-refractivity contribution in [2.45, 2.75) is 44.5 Å². The van der Waals surface area contributed by atoms with Crippen LogP contribution < -0.4 is 10.1 Å². The monoisotopic (exact) mass is 423 g/mol. The van der Waals surface area contributed by atoms with Gasteiger partial charge in [0.25, 0.3) is 0 Å². The summed E-state index contributed by atoms with van der Waals surface area (Å²) in [5.41, 5.74) is 2.47. The Labute approximate surface area is 177 Å². The van der Waals surface area contributed by atoms with Crippen molar-refractivity contribution in [1.29, 1.82) is 0 Å².